The molecule has 0 aromatic heterocycles. The molecule has 1 fully saturated rings. The zero-order valence-electron chi connectivity index (χ0n) is 9.28. The molecule has 1 amide bonds. The lowest BCUT2D eigenvalue weighted by Gasteiger charge is -2.28. The number of hydrogen-bond acceptors (Lipinski definition) is 3. The van der Waals surface area contributed by atoms with Crippen molar-refractivity contribution in [1.82, 2.24) is 0 Å². The third-order valence-corrected chi connectivity index (χ3v) is 3.32. The summed E-state index contributed by atoms with van der Waals surface area (Å²) in [6, 6.07) is 0. The van der Waals surface area contributed by atoms with Gasteiger partial charge in [-0.1, -0.05) is 0 Å². The van der Waals surface area contributed by atoms with E-state index in [1.807, 2.05) is 0 Å². The van der Waals surface area contributed by atoms with E-state index in [0.29, 0.717) is 30.4 Å². The van der Waals surface area contributed by atoms with Crippen molar-refractivity contribution in [3.8, 4) is 0 Å². The first kappa shape index (κ1) is 13.3. The fourth-order valence-electron chi connectivity index (χ4n) is 2.24. The van der Waals surface area contributed by atoms with Crippen LogP contribution in [0.1, 0.15) is 32.1 Å². The van der Waals surface area contributed by atoms with Gasteiger partial charge in [-0.15, -0.1) is 11.6 Å². The predicted octanol–water partition coefficient (Wildman–Crippen LogP) is 2.09. The molecule has 0 saturated heterocycles. The zero-order chi connectivity index (χ0) is 12.0. The smallest absolute Gasteiger partial charge is 0.404 e. The monoisotopic (exact) mass is 247 g/mol. The number of primary amides is 1. The van der Waals surface area contributed by atoms with Crippen LogP contribution in [-0.4, -0.2) is 24.4 Å². The second-order valence-electron chi connectivity index (χ2n) is 4.26. The summed E-state index contributed by atoms with van der Waals surface area (Å²) in [4.78, 5) is 21.9. The van der Waals surface area contributed by atoms with E-state index in [0.717, 1.165) is 19.3 Å². The van der Waals surface area contributed by atoms with Crippen molar-refractivity contribution >= 4 is 23.5 Å². The number of amides is 1. The molecule has 2 atom stereocenters. The van der Waals surface area contributed by atoms with E-state index in [4.69, 9.17) is 22.1 Å². The molecule has 1 aliphatic rings. The first-order chi connectivity index (χ1) is 7.63. The van der Waals surface area contributed by atoms with Gasteiger partial charge in [0.25, 0.3) is 0 Å². The summed E-state index contributed by atoms with van der Waals surface area (Å²) in [7, 11) is 0. The number of halogens is 1. The van der Waals surface area contributed by atoms with Crippen LogP contribution in [0.2, 0.25) is 0 Å². The fourth-order valence-corrected chi connectivity index (χ4v) is 2.53. The highest BCUT2D eigenvalue weighted by Gasteiger charge is 2.27. The Labute approximate surface area is 100 Å². The Morgan fingerprint density at radius 2 is 2.38 bits per heavy atom. The van der Waals surface area contributed by atoms with Crippen molar-refractivity contribution in [2.75, 3.05) is 12.5 Å². The van der Waals surface area contributed by atoms with E-state index in [1.54, 1.807) is 0 Å². The first-order valence-electron chi connectivity index (χ1n) is 5.63. The van der Waals surface area contributed by atoms with Gasteiger partial charge in [0.15, 0.2) is 0 Å². The molecule has 0 spiro atoms. The van der Waals surface area contributed by atoms with Crippen LogP contribution in [0.25, 0.3) is 0 Å². The molecular weight excluding hydrogens is 230 g/mol. The van der Waals surface area contributed by atoms with Crippen LogP contribution in [0.5, 0.6) is 0 Å². The highest BCUT2D eigenvalue weighted by Crippen LogP contribution is 2.30. The Balaban J connectivity index is 2.46. The molecule has 1 rings (SSSR count). The molecule has 0 heterocycles. The van der Waals surface area contributed by atoms with Gasteiger partial charge >= 0.3 is 6.09 Å². The molecule has 2 N–H and O–H groups in total. The molecule has 0 bridgehead atoms. The van der Waals surface area contributed by atoms with Crippen LogP contribution >= 0.6 is 11.6 Å². The molecule has 0 radical (unpaired) electrons. The van der Waals surface area contributed by atoms with Crippen molar-refractivity contribution in [2.24, 2.45) is 17.6 Å². The fraction of sp³-hybridized carbons (Fsp3) is 0.818. The maximum Gasteiger partial charge on any atom is 0.404 e. The van der Waals surface area contributed by atoms with Crippen LogP contribution in [-0.2, 0) is 9.53 Å². The highest BCUT2D eigenvalue weighted by atomic mass is 35.5. The van der Waals surface area contributed by atoms with Crippen LogP contribution in [0.3, 0.4) is 0 Å². The summed E-state index contributed by atoms with van der Waals surface area (Å²) < 4.78 is 4.81. The largest absolute Gasteiger partial charge is 0.449 e. The molecule has 1 saturated carbocycles. The summed E-state index contributed by atoms with van der Waals surface area (Å²) in [5.74, 6) is 1.26. The maximum absolute atomic E-state index is 11.4. The van der Waals surface area contributed by atoms with Crippen molar-refractivity contribution in [1.29, 1.82) is 0 Å². The second-order valence-corrected chi connectivity index (χ2v) is 4.64. The molecule has 1 unspecified atom stereocenters. The number of ether oxygens (including phenoxy) is 1. The van der Waals surface area contributed by atoms with Crippen molar-refractivity contribution in [3.63, 3.8) is 0 Å². The van der Waals surface area contributed by atoms with Gasteiger partial charge in [-0.3, -0.25) is 4.79 Å². The third kappa shape index (κ3) is 4.39. The quantitative estimate of drug-likeness (QED) is 0.757. The van der Waals surface area contributed by atoms with Crippen molar-refractivity contribution < 1.29 is 14.3 Å². The Morgan fingerprint density at radius 1 is 1.62 bits per heavy atom. The normalized spacial score (nSPS) is 22.8. The minimum atomic E-state index is -0.762. The lowest BCUT2D eigenvalue weighted by molar-refractivity contribution is -0.122. The number of nitrogens with two attached hydrogens (primary N) is 1. The number of hydrogen-bond donors (Lipinski definition) is 1. The van der Waals surface area contributed by atoms with Gasteiger partial charge in [0.2, 0.25) is 0 Å². The van der Waals surface area contributed by atoms with E-state index in [-0.39, 0.29) is 12.5 Å². The van der Waals surface area contributed by atoms with E-state index < -0.39 is 6.09 Å². The van der Waals surface area contributed by atoms with E-state index >= 15 is 0 Å². The van der Waals surface area contributed by atoms with Gasteiger partial charge in [-0.05, 0) is 31.1 Å². The van der Waals surface area contributed by atoms with Crippen LogP contribution < -0.4 is 5.73 Å². The number of Topliss-reactive ketones (excluding diaryl/α,β-unsaturated/α-hetero) is 1. The lowest BCUT2D eigenvalue weighted by atomic mass is 9.78. The second kappa shape index (κ2) is 6.74. The molecule has 1 aliphatic carbocycles. The minimum absolute atomic E-state index is 0.161. The summed E-state index contributed by atoms with van der Waals surface area (Å²) in [5, 5.41) is 0. The number of alkyl halides is 1. The Hall–Kier alpha value is -0.770. The molecule has 16 heavy (non-hydrogen) atoms. The molecule has 0 aromatic carbocycles. The van der Waals surface area contributed by atoms with Gasteiger partial charge in [-0.2, -0.15) is 0 Å². The van der Waals surface area contributed by atoms with Gasteiger partial charge < -0.3 is 10.5 Å². The Morgan fingerprint density at radius 3 is 2.94 bits per heavy atom. The Bertz CT molecular complexity index is 258. The van der Waals surface area contributed by atoms with E-state index in [1.165, 1.54) is 0 Å². The van der Waals surface area contributed by atoms with Crippen LogP contribution in [0.15, 0.2) is 0 Å². The van der Waals surface area contributed by atoms with Gasteiger partial charge in [0.1, 0.15) is 5.78 Å². The van der Waals surface area contributed by atoms with Crippen molar-refractivity contribution in [2.45, 2.75) is 32.1 Å². The number of carbonyl (C=O) groups excluding carboxylic acids is 2. The first-order valence-corrected chi connectivity index (χ1v) is 6.16. The number of carbonyl (C=O) groups is 2. The minimum Gasteiger partial charge on any atom is -0.449 e. The van der Waals surface area contributed by atoms with Crippen molar-refractivity contribution in [3.05, 3.63) is 0 Å². The average Bonchev–Trinajstić information content (AvgIpc) is 2.24. The standard InChI is InChI=1S/C11H18ClNO3/c12-5-4-9(7-16-11(13)15)8-2-1-3-10(14)6-8/h8-9H,1-7H2,(H2,13,15)/t8?,9-/m0/s1. The molecular formula is C11H18ClNO3. The summed E-state index contributed by atoms with van der Waals surface area (Å²) >= 11 is 5.71. The SMILES string of the molecule is NC(=O)OC[C@H](CCCl)C1CCCC(=O)C1. The third-order valence-electron chi connectivity index (χ3n) is 3.11. The summed E-state index contributed by atoms with van der Waals surface area (Å²) in [6.07, 6.45) is 3.20. The molecule has 92 valence electrons. The molecule has 0 aromatic rings. The van der Waals surface area contributed by atoms with E-state index in [2.05, 4.69) is 0 Å². The lowest BCUT2D eigenvalue weighted by Crippen LogP contribution is -2.28. The predicted molar refractivity (Wildman–Crippen MR) is 61.3 cm³/mol. The molecule has 0 aliphatic heterocycles. The average molecular weight is 248 g/mol. The van der Waals surface area contributed by atoms with Crippen LogP contribution in [0, 0.1) is 11.8 Å². The molecule has 4 nitrogen and oxygen atoms in total. The van der Waals surface area contributed by atoms with E-state index in [9.17, 15) is 9.59 Å². The maximum atomic E-state index is 11.4. The molecule has 5 heteroatoms. The van der Waals surface area contributed by atoms with Gasteiger partial charge in [-0.25, -0.2) is 4.79 Å². The van der Waals surface area contributed by atoms with Gasteiger partial charge in [0, 0.05) is 18.7 Å². The van der Waals surface area contributed by atoms with Crippen LogP contribution in [0.4, 0.5) is 4.79 Å². The van der Waals surface area contributed by atoms with Gasteiger partial charge in [0.05, 0.1) is 6.61 Å². The number of rotatable bonds is 5. The highest BCUT2D eigenvalue weighted by molar-refractivity contribution is 6.17. The summed E-state index contributed by atoms with van der Waals surface area (Å²) in [5.41, 5.74) is 4.93. The Kier molecular flexibility index (Phi) is 5.60. The summed E-state index contributed by atoms with van der Waals surface area (Å²) in [6.45, 7) is 0.278. The number of ketones is 1. The topological polar surface area (TPSA) is 69.4 Å². The zero-order valence-corrected chi connectivity index (χ0v) is 10.0.